The van der Waals surface area contributed by atoms with E-state index in [1.807, 2.05) is 0 Å². The molecule has 2 nitrogen and oxygen atoms in total. The molecule has 0 radical (unpaired) electrons. The predicted molar refractivity (Wildman–Crippen MR) is 82.3 cm³/mol. The number of nitrogens with zero attached hydrogens (tertiary/aromatic N) is 1. The van der Waals surface area contributed by atoms with Gasteiger partial charge in [-0.05, 0) is 36.4 Å². The molecule has 0 aromatic heterocycles. The largest absolute Gasteiger partial charge is 0.329 e. The number of benzene rings is 1. The summed E-state index contributed by atoms with van der Waals surface area (Å²) >= 11 is 0. The van der Waals surface area contributed by atoms with E-state index in [0.717, 1.165) is 13.1 Å². The van der Waals surface area contributed by atoms with Crippen molar-refractivity contribution in [2.24, 2.45) is 5.73 Å². The highest BCUT2D eigenvalue weighted by Gasteiger charge is 2.19. The first-order valence-corrected chi connectivity index (χ1v) is 7.73. The molecule has 0 aliphatic carbocycles. The first-order valence-electron chi connectivity index (χ1n) is 7.73. The van der Waals surface area contributed by atoms with Crippen LogP contribution in [0.5, 0.6) is 0 Å². The Kier molecular flexibility index (Phi) is 5.41. The van der Waals surface area contributed by atoms with Crippen molar-refractivity contribution in [1.29, 1.82) is 0 Å². The lowest BCUT2D eigenvalue weighted by Crippen LogP contribution is -2.39. The summed E-state index contributed by atoms with van der Waals surface area (Å²) in [4.78, 5) is 2.58. The molecule has 19 heavy (non-hydrogen) atoms. The second-order valence-electron chi connectivity index (χ2n) is 6.11. The second-order valence-corrected chi connectivity index (χ2v) is 6.11. The third-order valence-electron chi connectivity index (χ3n) is 4.30. The summed E-state index contributed by atoms with van der Waals surface area (Å²) in [7, 11) is 0. The number of rotatable bonds is 4. The molecule has 1 aliphatic rings. The maximum atomic E-state index is 5.94. The van der Waals surface area contributed by atoms with Crippen molar-refractivity contribution >= 4 is 0 Å². The maximum Gasteiger partial charge on any atom is 0.0237 e. The number of likely N-dealkylation sites (tertiary alicyclic amines) is 1. The molecule has 1 saturated heterocycles. The lowest BCUT2D eigenvalue weighted by Gasteiger charge is -2.29. The van der Waals surface area contributed by atoms with Crippen molar-refractivity contribution in [2.75, 3.05) is 13.1 Å². The van der Waals surface area contributed by atoms with Crippen LogP contribution in [0.4, 0.5) is 0 Å². The van der Waals surface area contributed by atoms with E-state index >= 15 is 0 Å². The van der Waals surface area contributed by atoms with Crippen LogP contribution in [0.2, 0.25) is 0 Å². The predicted octanol–water partition coefficient (Wildman–Crippen LogP) is 3.51. The molecule has 106 valence electrons. The van der Waals surface area contributed by atoms with Gasteiger partial charge >= 0.3 is 0 Å². The Morgan fingerprint density at radius 2 is 1.89 bits per heavy atom. The molecule has 2 rings (SSSR count). The molecule has 0 bridgehead atoms. The van der Waals surface area contributed by atoms with Crippen molar-refractivity contribution in [3.63, 3.8) is 0 Å². The van der Waals surface area contributed by atoms with Crippen LogP contribution in [0, 0.1) is 0 Å². The molecular formula is C17H28N2. The fourth-order valence-electron chi connectivity index (χ4n) is 2.95. The third kappa shape index (κ3) is 4.05. The van der Waals surface area contributed by atoms with E-state index < -0.39 is 0 Å². The lowest BCUT2D eigenvalue weighted by atomic mass is 10.0. The molecule has 1 aromatic rings. The molecule has 0 saturated carbocycles. The summed E-state index contributed by atoms with van der Waals surface area (Å²) in [5.74, 6) is 0.615. The SMILES string of the molecule is CC(C)c1ccc(CN2CCCCCC2CN)cc1. The van der Waals surface area contributed by atoms with Gasteiger partial charge in [0.05, 0.1) is 0 Å². The second kappa shape index (κ2) is 7.06. The normalized spacial score (nSPS) is 21.6. The van der Waals surface area contributed by atoms with E-state index in [4.69, 9.17) is 5.73 Å². The van der Waals surface area contributed by atoms with Gasteiger partial charge in [-0.3, -0.25) is 4.90 Å². The highest BCUT2D eigenvalue weighted by Crippen LogP contribution is 2.20. The third-order valence-corrected chi connectivity index (χ3v) is 4.30. The number of nitrogens with two attached hydrogens (primary N) is 1. The van der Waals surface area contributed by atoms with Crippen LogP contribution in [0.1, 0.15) is 56.6 Å². The van der Waals surface area contributed by atoms with Crippen molar-refractivity contribution in [1.82, 2.24) is 4.90 Å². The van der Waals surface area contributed by atoms with Crippen molar-refractivity contribution in [3.8, 4) is 0 Å². The zero-order valence-corrected chi connectivity index (χ0v) is 12.4. The molecular weight excluding hydrogens is 232 g/mol. The van der Waals surface area contributed by atoms with Crippen molar-refractivity contribution in [2.45, 2.75) is 58.0 Å². The van der Waals surface area contributed by atoms with Crippen LogP contribution in [-0.2, 0) is 6.54 Å². The first kappa shape index (κ1) is 14.5. The molecule has 2 heteroatoms. The summed E-state index contributed by atoms with van der Waals surface area (Å²) in [5.41, 5.74) is 8.79. The monoisotopic (exact) mass is 260 g/mol. The average molecular weight is 260 g/mol. The van der Waals surface area contributed by atoms with Crippen molar-refractivity contribution < 1.29 is 0 Å². The molecule has 1 heterocycles. The highest BCUT2D eigenvalue weighted by molar-refractivity contribution is 5.24. The summed E-state index contributed by atoms with van der Waals surface area (Å²) in [6.07, 6.45) is 5.28. The molecule has 0 amide bonds. The first-order chi connectivity index (χ1) is 9.20. The van der Waals surface area contributed by atoms with Gasteiger partial charge in [-0.15, -0.1) is 0 Å². The van der Waals surface area contributed by atoms with Gasteiger partial charge in [0.1, 0.15) is 0 Å². The Hall–Kier alpha value is -0.860. The van der Waals surface area contributed by atoms with Gasteiger partial charge in [-0.25, -0.2) is 0 Å². The topological polar surface area (TPSA) is 29.3 Å². The van der Waals surface area contributed by atoms with Crippen LogP contribution in [0.15, 0.2) is 24.3 Å². The molecule has 1 fully saturated rings. The Morgan fingerprint density at radius 3 is 2.53 bits per heavy atom. The molecule has 2 N–H and O–H groups in total. The smallest absolute Gasteiger partial charge is 0.0237 e. The Morgan fingerprint density at radius 1 is 1.16 bits per heavy atom. The van der Waals surface area contributed by atoms with E-state index in [1.54, 1.807) is 0 Å². The van der Waals surface area contributed by atoms with E-state index in [-0.39, 0.29) is 0 Å². The summed E-state index contributed by atoms with van der Waals surface area (Å²) in [5, 5.41) is 0. The Labute approximate surface area is 118 Å². The molecule has 1 aromatic carbocycles. The van der Waals surface area contributed by atoms with Gasteiger partial charge in [0.2, 0.25) is 0 Å². The summed E-state index contributed by atoms with van der Waals surface area (Å²) < 4.78 is 0. The van der Waals surface area contributed by atoms with Crippen LogP contribution < -0.4 is 5.73 Å². The highest BCUT2D eigenvalue weighted by atomic mass is 15.2. The van der Waals surface area contributed by atoms with Gasteiger partial charge < -0.3 is 5.73 Å². The maximum absolute atomic E-state index is 5.94. The summed E-state index contributed by atoms with van der Waals surface area (Å²) in [6.45, 7) is 7.54. The minimum Gasteiger partial charge on any atom is -0.329 e. The van der Waals surface area contributed by atoms with Gasteiger partial charge in [0, 0.05) is 19.1 Å². The van der Waals surface area contributed by atoms with Gasteiger partial charge in [0.15, 0.2) is 0 Å². The fraction of sp³-hybridized carbons (Fsp3) is 0.647. The fourth-order valence-corrected chi connectivity index (χ4v) is 2.95. The van der Waals surface area contributed by atoms with E-state index in [2.05, 4.69) is 43.0 Å². The van der Waals surface area contributed by atoms with E-state index in [9.17, 15) is 0 Å². The molecule has 1 aliphatic heterocycles. The summed E-state index contributed by atoms with van der Waals surface area (Å²) in [6, 6.07) is 9.69. The van der Waals surface area contributed by atoms with Crippen LogP contribution in [0.25, 0.3) is 0 Å². The van der Waals surface area contributed by atoms with E-state index in [0.29, 0.717) is 12.0 Å². The quantitative estimate of drug-likeness (QED) is 0.897. The molecule has 1 atom stereocenters. The lowest BCUT2D eigenvalue weighted by molar-refractivity contribution is 0.196. The minimum atomic E-state index is 0.576. The van der Waals surface area contributed by atoms with Crippen LogP contribution in [-0.4, -0.2) is 24.0 Å². The Balaban J connectivity index is 2.01. The van der Waals surface area contributed by atoms with E-state index in [1.165, 1.54) is 43.4 Å². The van der Waals surface area contributed by atoms with Crippen molar-refractivity contribution in [3.05, 3.63) is 35.4 Å². The van der Waals surface area contributed by atoms with Gasteiger partial charge in [0.25, 0.3) is 0 Å². The van der Waals surface area contributed by atoms with Crippen LogP contribution >= 0.6 is 0 Å². The number of hydrogen-bond acceptors (Lipinski definition) is 2. The average Bonchev–Trinajstić information content (AvgIpc) is 2.64. The zero-order valence-electron chi connectivity index (χ0n) is 12.4. The van der Waals surface area contributed by atoms with Gasteiger partial charge in [-0.1, -0.05) is 51.0 Å². The number of hydrogen-bond donors (Lipinski definition) is 1. The molecule has 1 unspecified atom stereocenters. The minimum absolute atomic E-state index is 0.576. The van der Waals surface area contributed by atoms with Gasteiger partial charge in [-0.2, -0.15) is 0 Å². The standard InChI is InChI=1S/C17H28N2/c1-14(2)16-9-7-15(8-10-16)13-19-11-5-3-4-6-17(19)12-18/h7-10,14,17H,3-6,11-13,18H2,1-2H3. The zero-order chi connectivity index (χ0) is 13.7. The Bertz CT molecular complexity index is 369. The molecule has 0 spiro atoms. The van der Waals surface area contributed by atoms with Crippen LogP contribution in [0.3, 0.4) is 0 Å².